The molecule has 1 aliphatic heterocycles. The van der Waals surface area contributed by atoms with Crippen LogP contribution >= 0.6 is 0 Å². The molecular weight excluding hydrogens is 356 g/mol. The summed E-state index contributed by atoms with van der Waals surface area (Å²) in [6, 6.07) is 12.9. The minimum atomic E-state index is -0.417. The molecule has 1 amide bonds. The second-order valence-electron chi connectivity index (χ2n) is 7.75. The summed E-state index contributed by atoms with van der Waals surface area (Å²) in [7, 11) is 1.63. The first-order valence-corrected chi connectivity index (χ1v) is 9.49. The zero-order valence-electron chi connectivity index (χ0n) is 16.9. The minimum Gasteiger partial charge on any atom is -0.497 e. The van der Waals surface area contributed by atoms with Gasteiger partial charge in [0.25, 0.3) is 5.91 Å². The number of carbonyl (C=O) groups is 1. The number of anilines is 1. The van der Waals surface area contributed by atoms with Gasteiger partial charge in [0.2, 0.25) is 0 Å². The molecule has 0 aromatic heterocycles. The normalized spacial score (nSPS) is 17.9. The Labute approximate surface area is 166 Å². The molecule has 2 aromatic rings. The topological polar surface area (TPSA) is 68.8 Å². The Morgan fingerprint density at radius 1 is 1.21 bits per heavy atom. The number of amides is 1. The van der Waals surface area contributed by atoms with Crippen molar-refractivity contribution in [2.75, 3.05) is 32.2 Å². The summed E-state index contributed by atoms with van der Waals surface area (Å²) in [5.41, 5.74) is 0.986. The fraction of sp³-hybridized carbons (Fsp3) is 0.409. The Hall–Kier alpha value is -2.89. The van der Waals surface area contributed by atoms with E-state index < -0.39 is 5.54 Å². The fourth-order valence-electron chi connectivity index (χ4n) is 2.88. The lowest BCUT2D eigenvalue weighted by Crippen LogP contribution is -2.48. The summed E-state index contributed by atoms with van der Waals surface area (Å²) in [5.74, 6) is 2.61. The molecule has 3 rings (SSSR count). The first-order valence-electron chi connectivity index (χ1n) is 9.49. The average Bonchev–Trinajstić information content (AvgIpc) is 2.70. The van der Waals surface area contributed by atoms with Gasteiger partial charge < -0.3 is 24.8 Å². The van der Waals surface area contributed by atoms with E-state index >= 15 is 0 Å². The van der Waals surface area contributed by atoms with Gasteiger partial charge in [-0.15, -0.1) is 0 Å². The first kappa shape index (κ1) is 19.9. The number of methoxy groups -OCH3 is 1. The Balaban J connectivity index is 1.65. The van der Waals surface area contributed by atoms with E-state index in [1.54, 1.807) is 13.2 Å². The van der Waals surface area contributed by atoms with E-state index in [2.05, 4.69) is 24.5 Å². The van der Waals surface area contributed by atoms with Crippen molar-refractivity contribution in [3.8, 4) is 17.2 Å². The maximum atomic E-state index is 12.3. The molecule has 0 spiro atoms. The van der Waals surface area contributed by atoms with Gasteiger partial charge in [0.15, 0.2) is 0 Å². The van der Waals surface area contributed by atoms with Crippen LogP contribution in [-0.2, 0) is 0 Å². The van der Waals surface area contributed by atoms with Crippen molar-refractivity contribution in [2.24, 2.45) is 5.92 Å². The van der Waals surface area contributed by atoms with Crippen LogP contribution in [0.1, 0.15) is 31.1 Å². The van der Waals surface area contributed by atoms with Crippen LogP contribution in [0.5, 0.6) is 17.2 Å². The summed E-state index contributed by atoms with van der Waals surface area (Å²) in [6.07, 6.45) is 0. The molecule has 6 nitrogen and oxygen atoms in total. The third kappa shape index (κ3) is 4.88. The highest BCUT2D eigenvalue weighted by atomic mass is 16.5. The third-order valence-corrected chi connectivity index (χ3v) is 4.51. The summed E-state index contributed by atoms with van der Waals surface area (Å²) in [4.78, 5) is 12.3. The number of nitrogens with one attached hydrogen (secondary N) is 2. The number of hydrogen-bond acceptors (Lipinski definition) is 5. The second-order valence-corrected chi connectivity index (χ2v) is 7.75. The van der Waals surface area contributed by atoms with Crippen molar-refractivity contribution in [1.82, 2.24) is 5.32 Å². The zero-order valence-corrected chi connectivity index (χ0v) is 16.9. The molecule has 1 aliphatic rings. The molecule has 0 saturated carbocycles. The maximum absolute atomic E-state index is 12.3. The van der Waals surface area contributed by atoms with Crippen LogP contribution in [0.15, 0.2) is 42.5 Å². The molecule has 150 valence electrons. The lowest BCUT2D eigenvalue weighted by molar-refractivity contribution is 0.0949. The van der Waals surface area contributed by atoms with Gasteiger partial charge in [0, 0.05) is 12.1 Å². The minimum absolute atomic E-state index is 0.0833. The average molecular weight is 384 g/mol. The van der Waals surface area contributed by atoms with Gasteiger partial charge >= 0.3 is 0 Å². The lowest BCUT2D eigenvalue weighted by atomic mass is 10.0. The van der Waals surface area contributed by atoms with Crippen molar-refractivity contribution >= 4 is 11.6 Å². The molecule has 1 heterocycles. The highest BCUT2D eigenvalue weighted by Crippen LogP contribution is 2.33. The van der Waals surface area contributed by atoms with Crippen molar-refractivity contribution in [3.05, 3.63) is 48.0 Å². The summed E-state index contributed by atoms with van der Waals surface area (Å²) in [5, 5.41) is 6.41. The largest absolute Gasteiger partial charge is 0.497 e. The van der Waals surface area contributed by atoms with Crippen LogP contribution < -0.4 is 24.8 Å². The van der Waals surface area contributed by atoms with Crippen molar-refractivity contribution in [1.29, 1.82) is 0 Å². The van der Waals surface area contributed by atoms with Crippen LogP contribution in [0.4, 0.5) is 5.69 Å². The van der Waals surface area contributed by atoms with Gasteiger partial charge in [-0.25, -0.2) is 0 Å². The van der Waals surface area contributed by atoms with E-state index in [1.165, 1.54) is 0 Å². The predicted molar refractivity (Wildman–Crippen MR) is 110 cm³/mol. The van der Waals surface area contributed by atoms with E-state index in [0.29, 0.717) is 31.2 Å². The van der Waals surface area contributed by atoms with Gasteiger partial charge in [0.05, 0.1) is 12.8 Å². The quantitative estimate of drug-likeness (QED) is 0.761. The number of hydrogen-bond donors (Lipinski definition) is 2. The SMILES string of the molecule is COc1ccc(OCC2(C)COc3ccc(C(=O)NCC(C)C)cc3N2)cc1. The first-order chi connectivity index (χ1) is 13.4. The van der Waals surface area contributed by atoms with Crippen molar-refractivity contribution in [3.63, 3.8) is 0 Å². The molecule has 0 fully saturated rings. The third-order valence-electron chi connectivity index (χ3n) is 4.51. The number of rotatable bonds is 7. The predicted octanol–water partition coefficient (Wildman–Crippen LogP) is 3.72. The Bertz CT molecular complexity index is 820. The summed E-state index contributed by atoms with van der Waals surface area (Å²) >= 11 is 0. The second kappa shape index (κ2) is 8.42. The molecule has 6 heteroatoms. The Morgan fingerprint density at radius 2 is 1.93 bits per heavy atom. The molecule has 0 bridgehead atoms. The molecule has 0 saturated heterocycles. The van der Waals surface area contributed by atoms with Gasteiger partial charge in [-0.1, -0.05) is 13.8 Å². The van der Waals surface area contributed by atoms with Gasteiger partial charge in [-0.3, -0.25) is 4.79 Å². The monoisotopic (exact) mass is 384 g/mol. The summed E-state index contributed by atoms with van der Waals surface area (Å²) in [6.45, 7) is 7.70. The van der Waals surface area contributed by atoms with Crippen molar-refractivity contribution < 1.29 is 19.0 Å². The highest BCUT2D eigenvalue weighted by Gasteiger charge is 2.32. The number of benzene rings is 2. The highest BCUT2D eigenvalue weighted by molar-refractivity contribution is 5.95. The number of carbonyl (C=O) groups excluding carboxylic acids is 1. The summed E-state index contributed by atoms with van der Waals surface area (Å²) < 4.78 is 17.0. The lowest BCUT2D eigenvalue weighted by Gasteiger charge is -2.36. The molecule has 0 radical (unpaired) electrons. The molecule has 28 heavy (non-hydrogen) atoms. The molecule has 0 aliphatic carbocycles. The molecular formula is C22H28N2O4. The van der Waals surface area contributed by atoms with Crippen LogP contribution in [0.2, 0.25) is 0 Å². The van der Waals surface area contributed by atoms with E-state index in [4.69, 9.17) is 14.2 Å². The van der Waals surface area contributed by atoms with Gasteiger partial charge in [0.1, 0.15) is 36.0 Å². The van der Waals surface area contributed by atoms with Crippen LogP contribution in [0, 0.1) is 5.92 Å². The van der Waals surface area contributed by atoms with E-state index in [-0.39, 0.29) is 5.91 Å². The Kier molecular flexibility index (Phi) is 5.97. The maximum Gasteiger partial charge on any atom is 0.251 e. The zero-order chi connectivity index (χ0) is 20.1. The van der Waals surface area contributed by atoms with E-state index in [9.17, 15) is 4.79 Å². The molecule has 2 aromatic carbocycles. The van der Waals surface area contributed by atoms with Crippen molar-refractivity contribution in [2.45, 2.75) is 26.3 Å². The number of ether oxygens (including phenoxy) is 3. The smallest absolute Gasteiger partial charge is 0.251 e. The van der Waals surface area contributed by atoms with Gasteiger partial charge in [-0.2, -0.15) is 0 Å². The molecule has 1 atom stereocenters. The van der Waals surface area contributed by atoms with Crippen LogP contribution in [-0.4, -0.2) is 38.3 Å². The molecule has 2 N–H and O–H groups in total. The van der Waals surface area contributed by atoms with Gasteiger partial charge in [-0.05, 0) is 55.3 Å². The van der Waals surface area contributed by atoms with E-state index in [1.807, 2.05) is 43.3 Å². The van der Waals surface area contributed by atoms with Crippen LogP contribution in [0.25, 0.3) is 0 Å². The van der Waals surface area contributed by atoms with Crippen LogP contribution in [0.3, 0.4) is 0 Å². The van der Waals surface area contributed by atoms with E-state index in [0.717, 1.165) is 22.9 Å². The molecule has 1 unspecified atom stereocenters. The Morgan fingerprint density at radius 3 is 2.61 bits per heavy atom. The fourth-order valence-corrected chi connectivity index (χ4v) is 2.88. The standard InChI is InChI=1S/C22H28N2O4/c1-15(2)12-23-21(25)16-5-10-20-19(11-16)24-22(3,14-28-20)13-27-18-8-6-17(26-4)7-9-18/h5-11,15,24H,12-14H2,1-4H3,(H,23,25). The number of fused-ring (bicyclic) bond motifs is 1.